The zero-order valence-electron chi connectivity index (χ0n) is 16.2. The van der Waals surface area contributed by atoms with Crippen LogP contribution in [0.1, 0.15) is 55.8 Å². The molecular weight excluding hydrogens is 402 g/mol. The van der Waals surface area contributed by atoms with Gasteiger partial charge in [-0.25, -0.2) is 14.4 Å². The quantitative estimate of drug-likeness (QED) is 0.586. The summed E-state index contributed by atoms with van der Waals surface area (Å²) in [5.41, 5.74) is 0.365. The van der Waals surface area contributed by atoms with Crippen LogP contribution in [0.15, 0.2) is 12.3 Å². The minimum absolute atomic E-state index is 0.0192. The third-order valence-electron chi connectivity index (χ3n) is 3.84. The average molecular weight is 423 g/mol. The number of methoxy groups -OCH3 is 1. The number of rotatable bonds is 9. The predicted octanol–water partition coefficient (Wildman–Crippen LogP) is 2.33. The highest BCUT2D eigenvalue weighted by Crippen LogP contribution is 2.34. The Bertz CT molecular complexity index is 932. The third-order valence-corrected chi connectivity index (χ3v) is 5.03. The summed E-state index contributed by atoms with van der Waals surface area (Å²) >= 11 is 0.931. The fourth-order valence-electron chi connectivity index (χ4n) is 2.41. The van der Waals surface area contributed by atoms with E-state index in [0.29, 0.717) is 12.0 Å². The molecule has 0 unspecified atom stereocenters. The number of aryl methyl sites for hydroxylation is 1. The van der Waals surface area contributed by atoms with E-state index in [4.69, 9.17) is 14.6 Å². The van der Waals surface area contributed by atoms with Crippen LogP contribution in [0.5, 0.6) is 0 Å². The number of thiophene rings is 1. The summed E-state index contributed by atoms with van der Waals surface area (Å²) in [7, 11) is 1.23. The molecule has 29 heavy (non-hydrogen) atoms. The number of hydrogen-bond donors (Lipinski definition) is 2. The normalized spacial score (nSPS) is 10.4. The molecule has 0 saturated carbocycles. The standard InChI is InChI=1S/C18H21N3O7S/c1-4-9-28-17(25)13-10(2)14(18(26)27-3)29-15(13)19-12(22)6-8-21-7-5-11(20-21)16(23)24/h5,7H,4,6,8-9H2,1-3H3,(H,19,22)(H,23,24). The number of amides is 1. The highest BCUT2D eigenvalue weighted by atomic mass is 32.1. The molecule has 156 valence electrons. The number of esters is 2. The Morgan fingerprint density at radius 3 is 2.59 bits per heavy atom. The summed E-state index contributed by atoms with van der Waals surface area (Å²) in [6.45, 7) is 3.78. The molecule has 2 aromatic heterocycles. The third kappa shape index (κ3) is 5.41. The summed E-state index contributed by atoms with van der Waals surface area (Å²) in [4.78, 5) is 47.8. The molecule has 0 saturated heterocycles. The van der Waals surface area contributed by atoms with E-state index in [1.807, 2.05) is 6.92 Å². The highest BCUT2D eigenvalue weighted by molar-refractivity contribution is 7.18. The van der Waals surface area contributed by atoms with E-state index < -0.39 is 23.8 Å². The predicted molar refractivity (Wildman–Crippen MR) is 103 cm³/mol. The van der Waals surface area contributed by atoms with Crippen molar-refractivity contribution in [3.05, 3.63) is 34.0 Å². The highest BCUT2D eigenvalue weighted by Gasteiger charge is 2.27. The number of carbonyl (C=O) groups excluding carboxylic acids is 3. The molecule has 0 bridgehead atoms. The van der Waals surface area contributed by atoms with E-state index in [-0.39, 0.29) is 40.7 Å². The number of anilines is 1. The van der Waals surface area contributed by atoms with Crippen LogP contribution in [0.4, 0.5) is 5.00 Å². The van der Waals surface area contributed by atoms with Crippen LogP contribution in [0, 0.1) is 6.92 Å². The molecule has 0 atom stereocenters. The largest absolute Gasteiger partial charge is 0.476 e. The number of carboxylic acid groups (broad SMARTS) is 1. The second kappa shape index (κ2) is 9.82. The first kappa shape index (κ1) is 22.1. The molecule has 0 aliphatic heterocycles. The van der Waals surface area contributed by atoms with Gasteiger partial charge in [-0.2, -0.15) is 5.10 Å². The van der Waals surface area contributed by atoms with Crippen LogP contribution in [-0.2, 0) is 20.8 Å². The molecule has 2 aromatic rings. The van der Waals surface area contributed by atoms with Crippen molar-refractivity contribution in [1.82, 2.24) is 9.78 Å². The molecule has 0 fully saturated rings. The van der Waals surface area contributed by atoms with Crippen molar-refractivity contribution in [2.45, 2.75) is 33.2 Å². The van der Waals surface area contributed by atoms with Gasteiger partial charge in [0, 0.05) is 19.2 Å². The SMILES string of the molecule is CCCOC(=O)c1c(NC(=O)CCn2ccc(C(=O)O)n2)sc(C(=O)OC)c1C. The maximum absolute atomic E-state index is 12.4. The van der Waals surface area contributed by atoms with Gasteiger partial charge in [0.05, 0.1) is 19.3 Å². The fraction of sp³-hybridized carbons (Fsp3) is 0.389. The lowest BCUT2D eigenvalue weighted by Crippen LogP contribution is -2.17. The van der Waals surface area contributed by atoms with Crippen LogP contribution in [0.25, 0.3) is 0 Å². The van der Waals surface area contributed by atoms with Gasteiger partial charge in [-0.05, 0) is 25.0 Å². The first-order valence-electron chi connectivity index (χ1n) is 8.73. The van der Waals surface area contributed by atoms with Gasteiger partial charge in [0.25, 0.3) is 0 Å². The Morgan fingerprint density at radius 1 is 1.28 bits per heavy atom. The fourth-order valence-corrected chi connectivity index (χ4v) is 3.54. The van der Waals surface area contributed by atoms with Gasteiger partial charge in [0.15, 0.2) is 5.69 Å². The van der Waals surface area contributed by atoms with Crippen LogP contribution in [0.2, 0.25) is 0 Å². The summed E-state index contributed by atoms with van der Waals surface area (Å²) in [6.07, 6.45) is 2.06. The number of ether oxygens (including phenoxy) is 2. The summed E-state index contributed by atoms with van der Waals surface area (Å²) in [5, 5.41) is 15.5. The van der Waals surface area contributed by atoms with Crippen molar-refractivity contribution >= 4 is 40.2 Å². The van der Waals surface area contributed by atoms with Crippen molar-refractivity contribution in [2.75, 3.05) is 19.0 Å². The van der Waals surface area contributed by atoms with Gasteiger partial charge in [-0.3, -0.25) is 9.48 Å². The number of carboxylic acids is 1. The summed E-state index contributed by atoms with van der Waals surface area (Å²) < 4.78 is 11.2. The van der Waals surface area contributed by atoms with Gasteiger partial charge >= 0.3 is 17.9 Å². The van der Waals surface area contributed by atoms with E-state index in [1.165, 1.54) is 24.1 Å². The Balaban J connectivity index is 2.16. The topological polar surface area (TPSA) is 137 Å². The summed E-state index contributed by atoms with van der Waals surface area (Å²) in [6, 6.07) is 1.33. The lowest BCUT2D eigenvalue weighted by atomic mass is 10.1. The van der Waals surface area contributed by atoms with Gasteiger partial charge in [-0.15, -0.1) is 11.3 Å². The van der Waals surface area contributed by atoms with Gasteiger partial charge < -0.3 is 19.9 Å². The average Bonchev–Trinajstić information content (AvgIpc) is 3.29. The van der Waals surface area contributed by atoms with E-state index >= 15 is 0 Å². The van der Waals surface area contributed by atoms with E-state index in [9.17, 15) is 19.2 Å². The lowest BCUT2D eigenvalue weighted by Gasteiger charge is -2.08. The number of hydrogen-bond acceptors (Lipinski definition) is 8. The minimum Gasteiger partial charge on any atom is -0.476 e. The van der Waals surface area contributed by atoms with E-state index in [2.05, 4.69) is 10.4 Å². The monoisotopic (exact) mass is 423 g/mol. The zero-order valence-corrected chi connectivity index (χ0v) is 17.0. The molecule has 0 aliphatic rings. The molecule has 1 amide bonds. The van der Waals surface area contributed by atoms with Crippen molar-refractivity contribution in [3.63, 3.8) is 0 Å². The molecule has 0 spiro atoms. The zero-order chi connectivity index (χ0) is 21.6. The van der Waals surface area contributed by atoms with Crippen LogP contribution < -0.4 is 5.32 Å². The summed E-state index contributed by atoms with van der Waals surface area (Å²) in [5.74, 6) is -2.84. The molecule has 11 heteroatoms. The number of nitrogens with zero attached hydrogens (tertiary/aromatic N) is 2. The second-order valence-electron chi connectivity index (χ2n) is 5.96. The molecule has 2 heterocycles. The van der Waals surface area contributed by atoms with Crippen molar-refractivity contribution in [1.29, 1.82) is 0 Å². The van der Waals surface area contributed by atoms with E-state index in [1.54, 1.807) is 6.92 Å². The molecule has 0 radical (unpaired) electrons. The molecule has 0 aromatic carbocycles. The Morgan fingerprint density at radius 2 is 2.00 bits per heavy atom. The number of nitrogens with one attached hydrogen (secondary N) is 1. The lowest BCUT2D eigenvalue weighted by molar-refractivity contribution is -0.116. The van der Waals surface area contributed by atoms with Gasteiger partial charge in [0.1, 0.15) is 9.88 Å². The Hall–Kier alpha value is -3.21. The Labute approximate surface area is 170 Å². The molecule has 2 rings (SSSR count). The van der Waals surface area contributed by atoms with Crippen molar-refractivity contribution < 1.29 is 33.8 Å². The minimum atomic E-state index is -1.16. The molecule has 10 nitrogen and oxygen atoms in total. The van der Waals surface area contributed by atoms with Crippen molar-refractivity contribution in [2.24, 2.45) is 0 Å². The molecular formula is C18H21N3O7S. The van der Waals surface area contributed by atoms with Gasteiger partial charge in [0.2, 0.25) is 5.91 Å². The molecule has 0 aliphatic carbocycles. The van der Waals surface area contributed by atoms with Crippen molar-refractivity contribution in [3.8, 4) is 0 Å². The van der Waals surface area contributed by atoms with E-state index in [0.717, 1.165) is 11.3 Å². The number of carbonyl (C=O) groups is 4. The number of aromatic nitrogens is 2. The molecule has 2 N–H and O–H groups in total. The maximum Gasteiger partial charge on any atom is 0.356 e. The first-order valence-corrected chi connectivity index (χ1v) is 9.55. The van der Waals surface area contributed by atoms with Crippen LogP contribution >= 0.6 is 11.3 Å². The van der Waals surface area contributed by atoms with Crippen LogP contribution in [-0.4, -0.2) is 52.4 Å². The van der Waals surface area contributed by atoms with Crippen LogP contribution in [0.3, 0.4) is 0 Å². The van der Waals surface area contributed by atoms with Gasteiger partial charge in [-0.1, -0.05) is 6.92 Å². The smallest absolute Gasteiger partial charge is 0.356 e. The number of aromatic carboxylic acids is 1. The maximum atomic E-state index is 12.4. The second-order valence-corrected chi connectivity index (χ2v) is 6.98. The first-order chi connectivity index (χ1) is 13.8. The Kier molecular flexibility index (Phi) is 7.48.